The van der Waals surface area contributed by atoms with E-state index in [0.29, 0.717) is 0 Å². The molecule has 0 aliphatic rings. The Labute approximate surface area is 251 Å². The fourth-order valence-corrected chi connectivity index (χ4v) is 6.03. The molecule has 0 radical (unpaired) electrons. The topological polar surface area (TPSA) is 20.7 Å². The minimum Gasteiger partial charge on any atom is -0.355 e. The second-order valence-corrected chi connectivity index (χ2v) is 10.7. The third kappa shape index (κ3) is 4.83. The minimum atomic E-state index is 1.17. The Kier molecular flexibility index (Phi) is 6.94. The Morgan fingerprint density at radius 3 is 2.05 bits per heavy atom. The molecule has 8 aromatic rings. The molecule has 0 aliphatic heterocycles. The summed E-state index contributed by atoms with van der Waals surface area (Å²) in [4.78, 5) is 3.54. The van der Waals surface area contributed by atoms with Crippen molar-refractivity contribution >= 4 is 54.4 Å². The second-order valence-electron chi connectivity index (χ2n) is 10.7. The van der Waals surface area contributed by atoms with Gasteiger partial charge >= 0.3 is 0 Å². The van der Waals surface area contributed by atoms with Crippen LogP contribution in [0.25, 0.3) is 71.2 Å². The van der Waals surface area contributed by atoms with Crippen molar-refractivity contribution in [3.05, 3.63) is 164 Å². The molecule has 0 fully saturated rings. The predicted octanol–water partition coefficient (Wildman–Crippen LogP) is 11.5. The molecule has 6 aromatic carbocycles. The Bertz CT molecular complexity index is 2320. The SMILES string of the molecule is C=C/C=C\C=C/C.c1ccc2cc(-n3c4ccccc4c4cc(-c5ccc6[nH]c7ccccc7c6c5)ccc43)ccc2c1. The van der Waals surface area contributed by atoms with E-state index >= 15 is 0 Å². The van der Waals surface area contributed by atoms with E-state index < -0.39 is 0 Å². The number of nitrogens with one attached hydrogen (secondary N) is 1. The van der Waals surface area contributed by atoms with Gasteiger partial charge in [0.1, 0.15) is 0 Å². The van der Waals surface area contributed by atoms with Crippen LogP contribution in [-0.2, 0) is 0 Å². The normalized spacial score (nSPS) is 11.7. The van der Waals surface area contributed by atoms with Gasteiger partial charge in [0.05, 0.1) is 11.0 Å². The van der Waals surface area contributed by atoms with Gasteiger partial charge in [-0.15, -0.1) is 0 Å². The van der Waals surface area contributed by atoms with Crippen LogP contribution in [0.3, 0.4) is 0 Å². The first-order valence-corrected chi connectivity index (χ1v) is 14.7. The summed E-state index contributed by atoms with van der Waals surface area (Å²) < 4.78 is 2.39. The lowest BCUT2D eigenvalue weighted by atomic mass is 10.0. The Morgan fingerprint density at radius 2 is 1.21 bits per heavy atom. The maximum absolute atomic E-state index is 3.54. The van der Waals surface area contributed by atoms with Crippen LogP contribution in [0.2, 0.25) is 0 Å². The number of hydrogen-bond donors (Lipinski definition) is 1. The lowest BCUT2D eigenvalue weighted by Gasteiger charge is -2.10. The summed E-state index contributed by atoms with van der Waals surface area (Å²) in [6.45, 7) is 5.49. The number of allylic oxidation sites excluding steroid dienone is 5. The molecule has 0 amide bonds. The largest absolute Gasteiger partial charge is 0.355 e. The molecule has 0 aliphatic carbocycles. The third-order valence-corrected chi connectivity index (χ3v) is 8.05. The summed E-state index contributed by atoms with van der Waals surface area (Å²) in [7, 11) is 0. The van der Waals surface area contributed by atoms with Gasteiger partial charge in [-0.25, -0.2) is 0 Å². The summed E-state index contributed by atoms with van der Waals surface area (Å²) in [6, 6.07) is 46.2. The summed E-state index contributed by atoms with van der Waals surface area (Å²) in [5, 5.41) is 7.60. The highest BCUT2D eigenvalue weighted by atomic mass is 15.0. The summed E-state index contributed by atoms with van der Waals surface area (Å²) in [5.41, 5.74) is 8.46. The van der Waals surface area contributed by atoms with Crippen LogP contribution in [0.1, 0.15) is 6.92 Å². The van der Waals surface area contributed by atoms with Crippen molar-refractivity contribution in [1.82, 2.24) is 9.55 Å². The van der Waals surface area contributed by atoms with Gasteiger partial charge in [-0.1, -0.05) is 116 Å². The summed E-state index contributed by atoms with van der Waals surface area (Å²) in [5.74, 6) is 0. The van der Waals surface area contributed by atoms with Crippen LogP contribution in [-0.4, -0.2) is 9.55 Å². The molecule has 2 aromatic heterocycles. The molecular weight excluding hydrogens is 520 g/mol. The van der Waals surface area contributed by atoms with E-state index in [2.05, 4.69) is 144 Å². The van der Waals surface area contributed by atoms with Gasteiger partial charge in [0.2, 0.25) is 0 Å². The molecule has 0 atom stereocenters. The van der Waals surface area contributed by atoms with Crippen LogP contribution in [0.5, 0.6) is 0 Å². The van der Waals surface area contributed by atoms with Gasteiger partial charge in [0.25, 0.3) is 0 Å². The zero-order valence-corrected chi connectivity index (χ0v) is 24.2. The van der Waals surface area contributed by atoms with Crippen LogP contribution in [0.15, 0.2) is 164 Å². The molecule has 8 rings (SSSR count). The fourth-order valence-electron chi connectivity index (χ4n) is 6.03. The van der Waals surface area contributed by atoms with Crippen molar-refractivity contribution in [3.8, 4) is 16.8 Å². The van der Waals surface area contributed by atoms with E-state index in [1.165, 1.54) is 71.2 Å². The van der Waals surface area contributed by atoms with Crippen molar-refractivity contribution in [3.63, 3.8) is 0 Å². The maximum atomic E-state index is 3.54. The highest BCUT2D eigenvalue weighted by molar-refractivity contribution is 6.12. The molecule has 1 N–H and O–H groups in total. The Hall–Kier alpha value is -5.60. The van der Waals surface area contributed by atoms with Crippen LogP contribution >= 0.6 is 0 Å². The molecule has 0 saturated heterocycles. The molecule has 2 nitrogen and oxygen atoms in total. The molecule has 0 saturated carbocycles. The number of fused-ring (bicyclic) bond motifs is 7. The van der Waals surface area contributed by atoms with E-state index in [9.17, 15) is 0 Å². The monoisotopic (exact) mass is 552 g/mol. The average molecular weight is 553 g/mol. The maximum Gasteiger partial charge on any atom is 0.0541 e. The van der Waals surface area contributed by atoms with Crippen LogP contribution in [0.4, 0.5) is 0 Å². The van der Waals surface area contributed by atoms with Crippen LogP contribution in [0, 0.1) is 0 Å². The molecule has 0 bridgehead atoms. The second kappa shape index (κ2) is 11.3. The zero-order valence-electron chi connectivity index (χ0n) is 24.2. The molecule has 206 valence electrons. The zero-order chi connectivity index (χ0) is 29.2. The fraction of sp³-hybridized carbons (Fsp3) is 0.0244. The first-order valence-electron chi connectivity index (χ1n) is 14.7. The smallest absolute Gasteiger partial charge is 0.0541 e. The van der Waals surface area contributed by atoms with Gasteiger partial charge in [0.15, 0.2) is 0 Å². The van der Waals surface area contributed by atoms with Gasteiger partial charge in [0, 0.05) is 38.3 Å². The van der Waals surface area contributed by atoms with Crippen molar-refractivity contribution in [1.29, 1.82) is 0 Å². The number of aromatic amines is 1. The first kappa shape index (κ1) is 26.3. The molecule has 2 heteroatoms. The lowest BCUT2D eigenvalue weighted by molar-refractivity contribution is 1.19. The van der Waals surface area contributed by atoms with E-state index in [4.69, 9.17) is 0 Å². The molecule has 0 unspecified atom stereocenters. The third-order valence-electron chi connectivity index (χ3n) is 8.05. The summed E-state index contributed by atoms with van der Waals surface area (Å²) in [6.07, 6.45) is 9.51. The minimum absolute atomic E-state index is 1.17. The Morgan fingerprint density at radius 1 is 0.535 bits per heavy atom. The van der Waals surface area contributed by atoms with E-state index in [-0.39, 0.29) is 0 Å². The standard InChI is InChI=1S/C34H22N2.C7H10/c1-2-8-23-19-26(16-13-22(23)7-1)36-33-12-6-4-10-28(33)30-21-25(15-18-34(30)36)24-14-17-32-29(20-24)27-9-3-5-11-31(27)35-32;1-3-5-7-6-4-2/h1-21,35H;3-7H,1H2,2H3/b;6-4-,7-5-. The number of rotatable bonds is 4. The van der Waals surface area contributed by atoms with E-state index in [1.54, 1.807) is 6.08 Å². The van der Waals surface area contributed by atoms with Crippen molar-refractivity contribution < 1.29 is 0 Å². The molecule has 2 heterocycles. The van der Waals surface area contributed by atoms with E-state index in [1.807, 2.05) is 31.2 Å². The number of hydrogen-bond acceptors (Lipinski definition) is 0. The van der Waals surface area contributed by atoms with Gasteiger partial charge < -0.3 is 9.55 Å². The van der Waals surface area contributed by atoms with Crippen LogP contribution < -0.4 is 0 Å². The van der Waals surface area contributed by atoms with Gasteiger partial charge in [-0.2, -0.15) is 0 Å². The molecular formula is C41H32N2. The highest BCUT2D eigenvalue weighted by Crippen LogP contribution is 2.37. The molecule has 43 heavy (non-hydrogen) atoms. The Balaban J connectivity index is 0.000000386. The van der Waals surface area contributed by atoms with Gasteiger partial charge in [-0.05, 0) is 77.4 Å². The van der Waals surface area contributed by atoms with Crippen molar-refractivity contribution in [2.75, 3.05) is 0 Å². The van der Waals surface area contributed by atoms with Crippen molar-refractivity contribution in [2.45, 2.75) is 6.92 Å². The highest BCUT2D eigenvalue weighted by Gasteiger charge is 2.14. The van der Waals surface area contributed by atoms with E-state index in [0.717, 1.165) is 0 Å². The first-order chi connectivity index (χ1) is 21.2. The quantitative estimate of drug-likeness (QED) is 0.210. The lowest BCUT2D eigenvalue weighted by Crippen LogP contribution is -1.93. The number of benzene rings is 6. The number of nitrogens with zero attached hydrogens (tertiary/aromatic N) is 1. The molecule has 0 spiro atoms. The number of H-pyrrole nitrogens is 1. The number of aromatic nitrogens is 2. The van der Waals surface area contributed by atoms with Crippen molar-refractivity contribution in [2.24, 2.45) is 0 Å². The average Bonchev–Trinajstić information content (AvgIpc) is 3.60. The predicted molar refractivity (Wildman–Crippen MR) is 187 cm³/mol. The number of para-hydroxylation sites is 2. The summed E-state index contributed by atoms with van der Waals surface area (Å²) >= 11 is 0. The van der Waals surface area contributed by atoms with Gasteiger partial charge in [-0.3, -0.25) is 0 Å².